The largest absolute Gasteiger partial charge is 0.360 e. The lowest BCUT2D eigenvalue weighted by Gasteiger charge is -2.09. The molecular formula is C21H20ClN3O3. The molecule has 1 aromatic heterocycles. The summed E-state index contributed by atoms with van der Waals surface area (Å²) in [5, 5.41) is 10.1. The van der Waals surface area contributed by atoms with Crippen LogP contribution in [0.1, 0.15) is 39.8 Å². The Bertz CT molecular complexity index is 1010. The number of amides is 2. The Balaban J connectivity index is 1.86. The van der Waals surface area contributed by atoms with Crippen molar-refractivity contribution in [2.75, 3.05) is 11.9 Å². The van der Waals surface area contributed by atoms with Gasteiger partial charge in [0.25, 0.3) is 11.8 Å². The molecule has 3 rings (SSSR count). The van der Waals surface area contributed by atoms with E-state index in [1.54, 1.807) is 49.4 Å². The van der Waals surface area contributed by atoms with Crippen molar-refractivity contribution in [3.05, 3.63) is 70.4 Å². The number of carbonyl (C=O) groups is 2. The second-order valence-corrected chi connectivity index (χ2v) is 6.64. The van der Waals surface area contributed by atoms with E-state index in [1.165, 1.54) is 0 Å². The molecule has 0 aliphatic rings. The summed E-state index contributed by atoms with van der Waals surface area (Å²) < 4.78 is 5.24. The number of hydrogen-bond acceptors (Lipinski definition) is 4. The van der Waals surface area contributed by atoms with Gasteiger partial charge in [0.2, 0.25) is 0 Å². The zero-order valence-corrected chi connectivity index (χ0v) is 16.3. The fraction of sp³-hybridized carbons (Fsp3) is 0.190. The van der Waals surface area contributed by atoms with Crippen LogP contribution in [0.4, 0.5) is 5.69 Å². The molecule has 2 aromatic carbocycles. The smallest absolute Gasteiger partial charge is 0.261 e. The van der Waals surface area contributed by atoms with Gasteiger partial charge in [0.1, 0.15) is 17.0 Å². The maximum absolute atomic E-state index is 12.9. The molecule has 0 unspecified atom stereocenters. The minimum Gasteiger partial charge on any atom is -0.360 e. The zero-order chi connectivity index (χ0) is 20.1. The van der Waals surface area contributed by atoms with Crippen molar-refractivity contribution in [1.29, 1.82) is 0 Å². The summed E-state index contributed by atoms with van der Waals surface area (Å²) in [6.45, 7) is 4.24. The van der Waals surface area contributed by atoms with E-state index in [1.807, 2.05) is 13.0 Å². The Hall–Kier alpha value is -3.12. The number of rotatable bonds is 6. The van der Waals surface area contributed by atoms with Crippen molar-refractivity contribution in [2.45, 2.75) is 20.3 Å². The molecule has 0 aliphatic carbocycles. The predicted molar refractivity (Wildman–Crippen MR) is 109 cm³/mol. The first kappa shape index (κ1) is 19.6. The van der Waals surface area contributed by atoms with Crippen LogP contribution < -0.4 is 10.6 Å². The van der Waals surface area contributed by atoms with Gasteiger partial charge in [-0.3, -0.25) is 9.59 Å². The van der Waals surface area contributed by atoms with Gasteiger partial charge >= 0.3 is 0 Å². The number of hydrogen-bond donors (Lipinski definition) is 2. The van der Waals surface area contributed by atoms with Crippen LogP contribution in [0.25, 0.3) is 11.3 Å². The van der Waals surface area contributed by atoms with E-state index in [-0.39, 0.29) is 11.8 Å². The van der Waals surface area contributed by atoms with Crippen LogP contribution in [0.5, 0.6) is 0 Å². The quantitative estimate of drug-likeness (QED) is 0.631. The molecule has 0 atom stereocenters. The van der Waals surface area contributed by atoms with Gasteiger partial charge in [-0.2, -0.15) is 0 Å². The van der Waals surface area contributed by atoms with Gasteiger partial charge in [-0.05, 0) is 37.6 Å². The van der Waals surface area contributed by atoms with Crippen LogP contribution in [0.15, 0.2) is 53.1 Å². The number of carbonyl (C=O) groups excluding carboxylic acids is 2. The molecular weight excluding hydrogens is 378 g/mol. The molecule has 0 spiro atoms. The highest BCUT2D eigenvalue weighted by molar-refractivity contribution is 6.33. The van der Waals surface area contributed by atoms with Gasteiger partial charge in [-0.1, -0.05) is 47.9 Å². The van der Waals surface area contributed by atoms with E-state index in [0.29, 0.717) is 45.4 Å². The van der Waals surface area contributed by atoms with Crippen molar-refractivity contribution in [1.82, 2.24) is 10.5 Å². The van der Waals surface area contributed by atoms with E-state index >= 15 is 0 Å². The number of nitrogens with zero attached hydrogens (tertiary/aromatic N) is 1. The third-order valence-corrected chi connectivity index (χ3v) is 4.47. The topological polar surface area (TPSA) is 84.2 Å². The highest BCUT2D eigenvalue weighted by Crippen LogP contribution is 2.31. The van der Waals surface area contributed by atoms with Crippen LogP contribution in [0.3, 0.4) is 0 Å². The predicted octanol–water partition coefficient (Wildman–Crippen LogP) is 4.70. The molecule has 144 valence electrons. The molecule has 0 saturated heterocycles. The maximum atomic E-state index is 12.9. The monoisotopic (exact) mass is 397 g/mol. The molecule has 2 N–H and O–H groups in total. The number of benzene rings is 2. The Morgan fingerprint density at radius 1 is 1.11 bits per heavy atom. The van der Waals surface area contributed by atoms with E-state index in [0.717, 1.165) is 6.42 Å². The first-order valence-electron chi connectivity index (χ1n) is 8.92. The number of anilines is 1. The Labute approximate surface area is 167 Å². The summed E-state index contributed by atoms with van der Waals surface area (Å²) in [5.74, 6) is -0.195. The summed E-state index contributed by atoms with van der Waals surface area (Å²) >= 11 is 6.24. The number of aryl methyl sites for hydroxylation is 1. The van der Waals surface area contributed by atoms with Gasteiger partial charge < -0.3 is 15.2 Å². The standard InChI is InChI=1S/C21H20ClN3O3/c1-3-11-23-20(26)14-7-6-8-15(12-14)24-21(27)18-13(2)28-25-19(18)16-9-4-5-10-17(16)22/h4-10,12H,3,11H2,1-2H3,(H,23,26)(H,24,27). The summed E-state index contributed by atoms with van der Waals surface area (Å²) in [7, 11) is 0. The normalized spacial score (nSPS) is 10.5. The SMILES string of the molecule is CCCNC(=O)c1cccc(NC(=O)c2c(-c3ccccc3Cl)noc2C)c1. The highest BCUT2D eigenvalue weighted by Gasteiger charge is 2.23. The highest BCUT2D eigenvalue weighted by atomic mass is 35.5. The van der Waals surface area contributed by atoms with E-state index in [9.17, 15) is 9.59 Å². The van der Waals surface area contributed by atoms with Gasteiger partial charge in [0.15, 0.2) is 0 Å². The van der Waals surface area contributed by atoms with Crippen LogP contribution in [-0.2, 0) is 0 Å². The molecule has 1 heterocycles. The minimum atomic E-state index is -0.389. The fourth-order valence-corrected chi connectivity index (χ4v) is 2.97. The number of nitrogens with one attached hydrogen (secondary N) is 2. The first-order chi connectivity index (χ1) is 13.5. The van der Waals surface area contributed by atoms with Crippen LogP contribution in [0, 0.1) is 6.92 Å². The molecule has 0 fully saturated rings. The molecule has 0 aliphatic heterocycles. The first-order valence-corrected chi connectivity index (χ1v) is 9.29. The van der Waals surface area contributed by atoms with E-state index in [4.69, 9.17) is 16.1 Å². The zero-order valence-electron chi connectivity index (χ0n) is 15.6. The summed E-state index contributed by atoms with van der Waals surface area (Å²) in [4.78, 5) is 25.0. The molecule has 0 saturated carbocycles. The summed E-state index contributed by atoms with van der Waals surface area (Å²) in [5.41, 5.74) is 2.25. The van der Waals surface area contributed by atoms with Crippen molar-refractivity contribution >= 4 is 29.1 Å². The van der Waals surface area contributed by atoms with Crippen molar-refractivity contribution in [3.63, 3.8) is 0 Å². The molecule has 2 amide bonds. The average Bonchev–Trinajstić information content (AvgIpc) is 3.08. The van der Waals surface area contributed by atoms with Gasteiger partial charge in [-0.15, -0.1) is 0 Å². The van der Waals surface area contributed by atoms with Crippen LogP contribution in [-0.4, -0.2) is 23.5 Å². The van der Waals surface area contributed by atoms with Gasteiger partial charge in [0.05, 0.1) is 5.02 Å². The number of aromatic nitrogens is 1. The third kappa shape index (κ3) is 4.23. The molecule has 28 heavy (non-hydrogen) atoms. The second kappa shape index (κ2) is 8.71. The van der Waals surface area contributed by atoms with Crippen LogP contribution in [0.2, 0.25) is 5.02 Å². The van der Waals surface area contributed by atoms with E-state index < -0.39 is 0 Å². The lowest BCUT2D eigenvalue weighted by atomic mass is 10.1. The van der Waals surface area contributed by atoms with Crippen molar-refractivity contribution < 1.29 is 14.1 Å². The molecule has 7 heteroatoms. The fourth-order valence-electron chi connectivity index (χ4n) is 2.75. The molecule has 3 aromatic rings. The third-order valence-electron chi connectivity index (χ3n) is 4.14. The van der Waals surface area contributed by atoms with E-state index in [2.05, 4.69) is 15.8 Å². The summed E-state index contributed by atoms with van der Waals surface area (Å²) in [6.07, 6.45) is 0.847. The molecule has 6 nitrogen and oxygen atoms in total. The molecule has 0 bridgehead atoms. The van der Waals surface area contributed by atoms with Gasteiger partial charge in [-0.25, -0.2) is 0 Å². The Morgan fingerprint density at radius 3 is 2.64 bits per heavy atom. The summed E-state index contributed by atoms with van der Waals surface area (Å²) in [6, 6.07) is 13.9. The maximum Gasteiger partial charge on any atom is 0.261 e. The lowest BCUT2D eigenvalue weighted by Crippen LogP contribution is -2.24. The van der Waals surface area contributed by atoms with Crippen LogP contribution >= 0.6 is 11.6 Å². The van der Waals surface area contributed by atoms with Gasteiger partial charge in [0, 0.05) is 23.4 Å². The van der Waals surface area contributed by atoms with Crippen molar-refractivity contribution in [2.24, 2.45) is 0 Å². The Kier molecular flexibility index (Phi) is 6.11. The minimum absolute atomic E-state index is 0.184. The lowest BCUT2D eigenvalue weighted by molar-refractivity contribution is 0.0952. The molecule has 0 radical (unpaired) electrons. The Morgan fingerprint density at radius 2 is 1.89 bits per heavy atom. The average molecular weight is 398 g/mol. The second-order valence-electron chi connectivity index (χ2n) is 6.23. The number of halogens is 1. The van der Waals surface area contributed by atoms with Crippen molar-refractivity contribution in [3.8, 4) is 11.3 Å².